The molecular weight excluding hydrogens is 176 g/mol. The first kappa shape index (κ1) is 11.0. The van der Waals surface area contributed by atoms with Crippen LogP contribution in [0.2, 0.25) is 0 Å². The maximum absolute atomic E-state index is 9.36. The highest BCUT2D eigenvalue weighted by Gasteiger charge is 2.05. The van der Waals surface area contributed by atoms with Crippen LogP contribution in [0.1, 0.15) is 38.0 Å². The Bertz CT molecular complexity index is 308. The van der Waals surface area contributed by atoms with Crippen molar-refractivity contribution in [1.29, 1.82) is 0 Å². The Morgan fingerprint density at radius 2 is 2.00 bits per heavy atom. The Kier molecular flexibility index (Phi) is 3.47. The topological polar surface area (TPSA) is 45.2 Å². The number of aromatic nitrogens is 1. The van der Waals surface area contributed by atoms with Crippen LogP contribution in [0.25, 0.3) is 0 Å². The van der Waals surface area contributed by atoms with Crippen molar-refractivity contribution in [3.63, 3.8) is 0 Å². The van der Waals surface area contributed by atoms with E-state index in [0.717, 1.165) is 16.9 Å². The van der Waals surface area contributed by atoms with Crippen LogP contribution >= 0.6 is 0 Å². The second kappa shape index (κ2) is 4.42. The molecule has 0 aromatic carbocycles. The molecule has 0 aliphatic rings. The Hall–Kier alpha value is -1.09. The fraction of sp³-hybridized carbons (Fsp3) is 0.545. The highest BCUT2D eigenvalue weighted by molar-refractivity contribution is 5.45. The summed E-state index contributed by atoms with van der Waals surface area (Å²) in [6.07, 6.45) is 1.26. The van der Waals surface area contributed by atoms with Crippen LogP contribution in [0.5, 0.6) is 0 Å². The SMILES string of the molecule is Cc1cc(C(C)O)cnc1NC(C)C. The lowest BCUT2D eigenvalue weighted by atomic mass is 10.1. The number of nitrogens with one attached hydrogen (secondary N) is 1. The van der Waals surface area contributed by atoms with Gasteiger partial charge in [0, 0.05) is 12.2 Å². The molecule has 0 aliphatic carbocycles. The third-order valence-electron chi connectivity index (χ3n) is 2.01. The number of hydrogen-bond acceptors (Lipinski definition) is 3. The van der Waals surface area contributed by atoms with Crippen molar-refractivity contribution in [2.24, 2.45) is 0 Å². The molecule has 0 spiro atoms. The predicted octanol–water partition coefficient (Wildman–Crippen LogP) is 2.26. The van der Waals surface area contributed by atoms with E-state index >= 15 is 0 Å². The second-order valence-corrected chi connectivity index (χ2v) is 3.91. The molecule has 1 aromatic rings. The molecule has 0 amide bonds. The van der Waals surface area contributed by atoms with Gasteiger partial charge in [0.2, 0.25) is 0 Å². The molecule has 1 unspecified atom stereocenters. The predicted molar refractivity (Wildman–Crippen MR) is 58.4 cm³/mol. The lowest BCUT2D eigenvalue weighted by Gasteiger charge is -2.13. The fourth-order valence-electron chi connectivity index (χ4n) is 1.25. The van der Waals surface area contributed by atoms with Gasteiger partial charge in [-0.1, -0.05) is 0 Å². The van der Waals surface area contributed by atoms with Crippen LogP contribution in [-0.2, 0) is 0 Å². The Morgan fingerprint density at radius 1 is 1.36 bits per heavy atom. The second-order valence-electron chi connectivity index (χ2n) is 3.91. The van der Waals surface area contributed by atoms with Gasteiger partial charge in [0.25, 0.3) is 0 Å². The monoisotopic (exact) mass is 194 g/mol. The summed E-state index contributed by atoms with van der Waals surface area (Å²) in [5, 5.41) is 12.6. The lowest BCUT2D eigenvalue weighted by molar-refractivity contribution is 0.199. The highest BCUT2D eigenvalue weighted by atomic mass is 16.3. The van der Waals surface area contributed by atoms with Crippen molar-refractivity contribution >= 4 is 5.82 Å². The molecule has 0 saturated heterocycles. The standard InChI is InChI=1S/C11H18N2O/c1-7(2)13-11-8(3)5-10(6-12-11)9(4)14/h5-7,9,14H,1-4H3,(H,12,13). The van der Waals surface area contributed by atoms with Crippen molar-refractivity contribution in [2.75, 3.05) is 5.32 Å². The number of nitrogens with zero attached hydrogens (tertiary/aromatic N) is 1. The summed E-state index contributed by atoms with van der Waals surface area (Å²) in [5.41, 5.74) is 1.92. The molecule has 2 N–H and O–H groups in total. The van der Waals surface area contributed by atoms with Crippen molar-refractivity contribution in [1.82, 2.24) is 4.98 Å². The van der Waals surface area contributed by atoms with Crippen LogP contribution in [0.15, 0.2) is 12.3 Å². The average molecular weight is 194 g/mol. The van der Waals surface area contributed by atoms with E-state index in [1.165, 1.54) is 0 Å². The molecule has 3 heteroatoms. The maximum Gasteiger partial charge on any atom is 0.129 e. The van der Waals surface area contributed by atoms with Gasteiger partial charge in [-0.15, -0.1) is 0 Å². The molecule has 1 aromatic heterocycles. The summed E-state index contributed by atoms with van der Waals surface area (Å²) in [4.78, 5) is 4.27. The highest BCUT2D eigenvalue weighted by Crippen LogP contribution is 2.18. The van der Waals surface area contributed by atoms with Crippen LogP contribution in [0.3, 0.4) is 0 Å². The van der Waals surface area contributed by atoms with Crippen LogP contribution in [0.4, 0.5) is 5.82 Å². The summed E-state index contributed by atoms with van der Waals surface area (Å²) in [6, 6.07) is 2.33. The van der Waals surface area contributed by atoms with E-state index in [-0.39, 0.29) is 0 Å². The number of rotatable bonds is 3. The third-order valence-corrected chi connectivity index (χ3v) is 2.01. The van der Waals surface area contributed by atoms with E-state index in [1.54, 1.807) is 13.1 Å². The molecule has 0 bridgehead atoms. The van der Waals surface area contributed by atoms with Gasteiger partial charge in [0.05, 0.1) is 6.10 Å². The van der Waals surface area contributed by atoms with Gasteiger partial charge in [-0.3, -0.25) is 0 Å². The van der Waals surface area contributed by atoms with E-state index in [9.17, 15) is 5.11 Å². The number of hydrogen-bond donors (Lipinski definition) is 2. The number of aryl methyl sites for hydroxylation is 1. The van der Waals surface area contributed by atoms with Crippen LogP contribution in [0, 0.1) is 6.92 Å². The number of aliphatic hydroxyl groups excluding tert-OH is 1. The minimum Gasteiger partial charge on any atom is -0.389 e. The summed E-state index contributed by atoms with van der Waals surface area (Å²) in [5.74, 6) is 0.893. The molecular formula is C11H18N2O. The van der Waals surface area contributed by atoms with Crippen molar-refractivity contribution in [3.05, 3.63) is 23.4 Å². The Morgan fingerprint density at radius 3 is 2.43 bits per heavy atom. The van der Waals surface area contributed by atoms with Crippen molar-refractivity contribution < 1.29 is 5.11 Å². The number of anilines is 1. The Balaban J connectivity index is 2.90. The molecule has 0 aliphatic heterocycles. The van der Waals surface area contributed by atoms with Gasteiger partial charge in [-0.2, -0.15) is 0 Å². The summed E-state index contributed by atoms with van der Waals surface area (Å²) < 4.78 is 0. The summed E-state index contributed by atoms with van der Waals surface area (Å²) in [7, 11) is 0. The van der Waals surface area contributed by atoms with Crippen molar-refractivity contribution in [2.45, 2.75) is 39.8 Å². The quantitative estimate of drug-likeness (QED) is 0.775. The third kappa shape index (κ3) is 2.70. The zero-order chi connectivity index (χ0) is 10.7. The summed E-state index contributed by atoms with van der Waals surface area (Å²) >= 11 is 0. The zero-order valence-corrected chi connectivity index (χ0v) is 9.20. The molecule has 14 heavy (non-hydrogen) atoms. The van der Waals surface area contributed by atoms with E-state index in [2.05, 4.69) is 24.1 Å². The molecule has 1 atom stereocenters. The largest absolute Gasteiger partial charge is 0.389 e. The van der Waals surface area contributed by atoms with E-state index in [0.29, 0.717) is 6.04 Å². The van der Waals surface area contributed by atoms with E-state index in [4.69, 9.17) is 0 Å². The molecule has 0 radical (unpaired) electrons. The minimum absolute atomic E-state index is 0.374. The molecule has 0 fully saturated rings. The van der Waals surface area contributed by atoms with Gasteiger partial charge >= 0.3 is 0 Å². The first-order chi connectivity index (χ1) is 6.50. The van der Waals surface area contributed by atoms with Gasteiger partial charge in [0.15, 0.2) is 0 Å². The van der Waals surface area contributed by atoms with E-state index < -0.39 is 6.10 Å². The Labute approximate surface area is 85.2 Å². The first-order valence-electron chi connectivity index (χ1n) is 4.92. The van der Waals surface area contributed by atoms with Crippen molar-refractivity contribution in [3.8, 4) is 0 Å². The van der Waals surface area contributed by atoms with Gasteiger partial charge in [-0.05, 0) is 44.9 Å². The first-order valence-corrected chi connectivity index (χ1v) is 4.92. The minimum atomic E-state index is -0.450. The number of aliphatic hydroxyl groups is 1. The smallest absolute Gasteiger partial charge is 0.129 e. The van der Waals surface area contributed by atoms with Gasteiger partial charge < -0.3 is 10.4 Å². The molecule has 1 heterocycles. The summed E-state index contributed by atoms with van der Waals surface area (Å²) in [6.45, 7) is 7.88. The average Bonchev–Trinajstić information content (AvgIpc) is 2.07. The zero-order valence-electron chi connectivity index (χ0n) is 9.20. The molecule has 3 nitrogen and oxygen atoms in total. The fourth-order valence-corrected chi connectivity index (χ4v) is 1.25. The normalized spacial score (nSPS) is 13.0. The molecule has 78 valence electrons. The number of pyridine rings is 1. The molecule has 0 saturated carbocycles. The molecule has 1 rings (SSSR count). The van der Waals surface area contributed by atoms with Crippen LogP contribution in [-0.4, -0.2) is 16.1 Å². The lowest BCUT2D eigenvalue weighted by Crippen LogP contribution is -2.12. The maximum atomic E-state index is 9.36. The van der Waals surface area contributed by atoms with E-state index in [1.807, 2.05) is 13.0 Å². The van der Waals surface area contributed by atoms with Gasteiger partial charge in [-0.25, -0.2) is 4.98 Å². The van der Waals surface area contributed by atoms with Crippen LogP contribution < -0.4 is 5.32 Å². The van der Waals surface area contributed by atoms with Gasteiger partial charge in [0.1, 0.15) is 5.82 Å².